The second kappa shape index (κ2) is 6.63. The molecule has 0 aromatic carbocycles. The van der Waals surface area contributed by atoms with Crippen molar-refractivity contribution in [2.45, 2.75) is 56.4 Å². The van der Waals surface area contributed by atoms with E-state index >= 15 is 0 Å². The third-order valence-electron chi connectivity index (χ3n) is 3.75. The van der Waals surface area contributed by atoms with Crippen molar-refractivity contribution in [3.8, 4) is 0 Å². The van der Waals surface area contributed by atoms with Crippen molar-refractivity contribution in [2.24, 2.45) is 5.92 Å². The molecule has 2 rings (SSSR count). The van der Waals surface area contributed by atoms with Crippen LogP contribution in [0.25, 0.3) is 0 Å². The van der Waals surface area contributed by atoms with Crippen LogP contribution in [-0.2, 0) is 14.2 Å². The summed E-state index contributed by atoms with van der Waals surface area (Å²) in [6, 6.07) is 0. The van der Waals surface area contributed by atoms with Crippen molar-refractivity contribution >= 4 is 0 Å². The fraction of sp³-hybridized carbons (Fsp3) is 1.00. The summed E-state index contributed by atoms with van der Waals surface area (Å²) in [4.78, 5) is 0. The molecule has 2 saturated heterocycles. The van der Waals surface area contributed by atoms with E-state index in [0.29, 0.717) is 0 Å². The number of aliphatic hydroxyl groups excluding tert-OH is 5. The Bertz CT molecular complexity index is 314. The lowest BCUT2D eigenvalue weighted by atomic mass is 9.97. The first kappa shape index (κ1) is 16.1. The number of aliphatic hydroxyl groups is 5. The van der Waals surface area contributed by atoms with Crippen molar-refractivity contribution in [3.63, 3.8) is 0 Å². The van der Waals surface area contributed by atoms with Crippen LogP contribution in [0.2, 0.25) is 0 Å². The molecule has 2 fully saturated rings. The van der Waals surface area contributed by atoms with Gasteiger partial charge < -0.3 is 39.7 Å². The highest BCUT2D eigenvalue weighted by atomic mass is 16.7. The molecule has 5 N–H and O–H groups in total. The van der Waals surface area contributed by atoms with E-state index in [-0.39, 0.29) is 25.6 Å². The van der Waals surface area contributed by atoms with Gasteiger partial charge in [-0.25, -0.2) is 0 Å². The maximum absolute atomic E-state index is 9.89. The Morgan fingerprint density at radius 2 is 1.80 bits per heavy atom. The summed E-state index contributed by atoms with van der Waals surface area (Å²) in [6.07, 6.45) is -7.49. The third kappa shape index (κ3) is 3.29. The molecule has 0 saturated carbocycles. The Hall–Kier alpha value is -0.320. The van der Waals surface area contributed by atoms with Crippen molar-refractivity contribution < 1.29 is 39.7 Å². The van der Waals surface area contributed by atoms with E-state index < -0.39 is 43.1 Å². The molecule has 2 aliphatic rings. The average Bonchev–Trinajstić information content (AvgIpc) is 2.44. The van der Waals surface area contributed by atoms with Crippen molar-refractivity contribution in [1.82, 2.24) is 0 Å². The van der Waals surface area contributed by atoms with Crippen LogP contribution in [0.1, 0.15) is 13.3 Å². The van der Waals surface area contributed by atoms with E-state index in [4.69, 9.17) is 19.3 Å². The van der Waals surface area contributed by atoms with E-state index in [1.807, 2.05) is 0 Å². The molecule has 8 nitrogen and oxygen atoms in total. The van der Waals surface area contributed by atoms with Gasteiger partial charge in [0.05, 0.1) is 31.5 Å². The molecular weight excluding hydrogens is 272 g/mol. The summed E-state index contributed by atoms with van der Waals surface area (Å²) < 4.78 is 15.7. The van der Waals surface area contributed by atoms with Gasteiger partial charge in [-0.15, -0.1) is 0 Å². The van der Waals surface area contributed by atoms with Crippen LogP contribution in [-0.4, -0.2) is 81.8 Å². The van der Waals surface area contributed by atoms with Crippen LogP contribution in [0.3, 0.4) is 0 Å². The fourth-order valence-electron chi connectivity index (χ4n) is 2.40. The molecule has 8 heteroatoms. The Labute approximate surface area is 116 Å². The zero-order valence-electron chi connectivity index (χ0n) is 11.2. The van der Waals surface area contributed by atoms with Crippen LogP contribution < -0.4 is 0 Å². The largest absolute Gasteiger partial charge is 0.394 e. The molecule has 2 aliphatic heterocycles. The molecule has 8 unspecified atom stereocenters. The van der Waals surface area contributed by atoms with Gasteiger partial charge in [0.2, 0.25) is 0 Å². The molecule has 20 heavy (non-hydrogen) atoms. The lowest BCUT2D eigenvalue weighted by Crippen LogP contribution is -2.56. The Kier molecular flexibility index (Phi) is 5.32. The molecule has 0 aromatic rings. The number of rotatable bonds is 3. The molecule has 0 amide bonds. The standard InChI is InChI=1S/C12H22O8/c1-5-4-18-12(10(16)8(5)14)20-7-2-6(3-13)19-11(17)9(7)15/h5-17H,2-4H2,1H3. The first-order chi connectivity index (χ1) is 9.43. The molecule has 8 atom stereocenters. The molecule has 0 spiro atoms. The van der Waals surface area contributed by atoms with Crippen LogP contribution >= 0.6 is 0 Å². The van der Waals surface area contributed by atoms with Crippen LogP contribution in [0, 0.1) is 5.92 Å². The minimum absolute atomic E-state index is 0.146. The quantitative estimate of drug-likeness (QED) is 0.388. The average molecular weight is 294 g/mol. The second-order valence-electron chi connectivity index (χ2n) is 5.39. The van der Waals surface area contributed by atoms with Gasteiger partial charge in [0.25, 0.3) is 0 Å². The van der Waals surface area contributed by atoms with Gasteiger partial charge in [0.1, 0.15) is 12.2 Å². The van der Waals surface area contributed by atoms with E-state index in [1.54, 1.807) is 6.92 Å². The SMILES string of the molecule is CC1COC(OC2CC(CO)OC(O)C2O)C(O)C1O. The maximum atomic E-state index is 9.89. The fourth-order valence-corrected chi connectivity index (χ4v) is 2.40. The summed E-state index contributed by atoms with van der Waals surface area (Å²) in [5.74, 6) is -0.222. The zero-order valence-corrected chi connectivity index (χ0v) is 11.2. The normalized spacial score (nSPS) is 50.1. The Balaban J connectivity index is 1.97. The van der Waals surface area contributed by atoms with Crippen molar-refractivity contribution in [2.75, 3.05) is 13.2 Å². The molecule has 0 aliphatic carbocycles. The first-order valence-electron chi connectivity index (χ1n) is 6.69. The van der Waals surface area contributed by atoms with Gasteiger partial charge in [-0.3, -0.25) is 0 Å². The Morgan fingerprint density at radius 1 is 1.10 bits per heavy atom. The van der Waals surface area contributed by atoms with E-state index in [9.17, 15) is 20.4 Å². The summed E-state index contributed by atoms with van der Waals surface area (Å²) in [7, 11) is 0. The summed E-state index contributed by atoms with van der Waals surface area (Å²) in [5.41, 5.74) is 0. The van der Waals surface area contributed by atoms with Gasteiger partial charge in [-0.1, -0.05) is 6.92 Å². The topological polar surface area (TPSA) is 129 Å². The van der Waals surface area contributed by atoms with Gasteiger partial charge >= 0.3 is 0 Å². The summed E-state index contributed by atoms with van der Waals surface area (Å²) in [6.45, 7) is 1.63. The number of hydrogen-bond donors (Lipinski definition) is 5. The smallest absolute Gasteiger partial charge is 0.186 e. The molecule has 0 radical (unpaired) electrons. The van der Waals surface area contributed by atoms with Crippen LogP contribution in [0.5, 0.6) is 0 Å². The van der Waals surface area contributed by atoms with E-state index in [2.05, 4.69) is 0 Å². The predicted octanol–water partition coefficient (Wildman–Crippen LogP) is -2.45. The monoisotopic (exact) mass is 294 g/mol. The maximum Gasteiger partial charge on any atom is 0.186 e. The van der Waals surface area contributed by atoms with E-state index in [1.165, 1.54) is 0 Å². The lowest BCUT2D eigenvalue weighted by molar-refractivity contribution is -0.317. The Morgan fingerprint density at radius 3 is 2.45 bits per heavy atom. The van der Waals surface area contributed by atoms with Crippen molar-refractivity contribution in [3.05, 3.63) is 0 Å². The minimum atomic E-state index is -1.48. The molecule has 118 valence electrons. The third-order valence-corrected chi connectivity index (χ3v) is 3.75. The van der Waals surface area contributed by atoms with E-state index in [0.717, 1.165) is 0 Å². The van der Waals surface area contributed by atoms with Gasteiger partial charge in [0.15, 0.2) is 12.6 Å². The molecule has 0 bridgehead atoms. The molecular formula is C12H22O8. The van der Waals surface area contributed by atoms with Gasteiger partial charge in [-0.05, 0) is 0 Å². The number of ether oxygens (including phenoxy) is 3. The highest BCUT2D eigenvalue weighted by Gasteiger charge is 2.43. The first-order valence-corrected chi connectivity index (χ1v) is 6.69. The zero-order chi connectivity index (χ0) is 14.9. The summed E-state index contributed by atoms with van der Waals surface area (Å²) >= 11 is 0. The molecule has 2 heterocycles. The van der Waals surface area contributed by atoms with Crippen LogP contribution in [0.15, 0.2) is 0 Å². The minimum Gasteiger partial charge on any atom is -0.394 e. The second-order valence-corrected chi connectivity index (χ2v) is 5.39. The van der Waals surface area contributed by atoms with Crippen molar-refractivity contribution in [1.29, 1.82) is 0 Å². The predicted molar refractivity (Wildman–Crippen MR) is 64.4 cm³/mol. The molecule has 0 aromatic heterocycles. The number of hydrogen-bond acceptors (Lipinski definition) is 8. The van der Waals surface area contributed by atoms with Gasteiger partial charge in [-0.2, -0.15) is 0 Å². The lowest BCUT2D eigenvalue weighted by Gasteiger charge is -2.41. The highest BCUT2D eigenvalue weighted by Crippen LogP contribution is 2.27. The van der Waals surface area contributed by atoms with Gasteiger partial charge in [0, 0.05) is 12.3 Å². The van der Waals surface area contributed by atoms with Crippen LogP contribution in [0.4, 0.5) is 0 Å². The highest BCUT2D eigenvalue weighted by molar-refractivity contribution is 4.85. The summed E-state index contributed by atoms with van der Waals surface area (Å²) in [5, 5.41) is 48.0.